The van der Waals surface area contributed by atoms with Crippen molar-refractivity contribution < 1.29 is 14.3 Å². The molecule has 1 saturated heterocycles. The van der Waals surface area contributed by atoms with Gasteiger partial charge >= 0.3 is 0 Å². The summed E-state index contributed by atoms with van der Waals surface area (Å²) in [5.74, 6) is 0.650. The van der Waals surface area contributed by atoms with Crippen molar-refractivity contribution in [3.8, 4) is 17.0 Å². The zero-order valence-corrected chi connectivity index (χ0v) is 18.4. The summed E-state index contributed by atoms with van der Waals surface area (Å²) in [7, 11) is 1.60. The molecule has 10 heteroatoms. The lowest BCUT2D eigenvalue weighted by Crippen LogP contribution is -2.36. The molecule has 32 heavy (non-hydrogen) atoms. The van der Waals surface area contributed by atoms with Gasteiger partial charge in [0.15, 0.2) is 0 Å². The number of carbonyl (C=O) groups is 1. The molecule has 0 saturated carbocycles. The highest BCUT2D eigenvalue weighted by molar-refractivity contribution is 6.32. The molecule has 1 fully saturated rings. The van der Waals surface area contributed by atoms with E-state index in [4.69, 9.17) is 25.9 Å². The average Bonchev–Trinajstić information content (AvgIpc) is 3.47. The molecule has 2 aromatic carbocycles. The van der Waals surface area contributed by atoms with Crippen molar-refractivity contribution in [3.63, 3.8) is 0 Å². The molecular weight excluding hydrogens is 432 g/mol. The number of aromatic amines is 1. The molecular formula is C22H25ClN6O3. The second-order valence-electron chi connectivity index (χ2n) is 7.24. The number of amides is 1. The van der Waals surface area contributed by atoms with Gasteiger partial charge in [-0.3, -0.25) is 9.89 Å². The zero-order chi connectivity index (χ0) is 22.5. The van der Waals surface area contributed by atoms with E-state index < -0.39 is 0 Å². The summed E-state index contributed by atoms with van der Waals surface area (Å²) in [6.07, 6.45) is 0.180. The predicted molar refractivity (Wildman–Crippen MR) is 125 cm³/mol. The molecule has 0 radical (unpaired) electrons. The summed E-state index contributed by atoms with van der Waals surface area (Å²) in [5.41, 5.74) is 10.3. The first kappa shape index (κ1) is 21.8. The maximum atomic E-state index is 8.58. The second kappa shape index (κ2) is 9.80. The molecule has 1 amide bonds. The van der Waals surface area contributed by atoms with E-state index in [9.17, 15) is 0 Å². The summed E-state index contributed by atoms with van der Waals surface area (Å²) in [6, 6.07) is 14.1. The minimum atomic E-state index is -0.0695. The molecule has 5 N–H and O–H groups in total. The maximum Gasteiger partial charge on any atom is 0.204 e. The Balaban J connectivity index is 0.000000775. The van der Waals surface area contributed by atoms with Crippen LogP contribution in [0.1, 0.15) is 11.9 Å². The van der Waals surface area contributed by atoms with Crippen LogP contribution in [0.4, 0.5) is 17.1 Å². The Hall–Kier alpha value is -3.43. The number of halogens is 1. The average molecular weight is 457 g/mol. The number of benzene rings is 2. The van der Waals surface area contributed by atoms with Crippen LogP contribution in [-0.2, 0) is 9.53 Å². The lowest BCUT2D eigenvalue weighted by Gasteiger charge is -2.29. The SMILES string of the molecule is COc1ccc(-c2cc(C3Nc4ccc(N5CCOCC5)cc4N3)[nH]n2)cc1Cl.NC=O. The molecule has 0 aliphatic carbocycles. The number of ether oxygens (including phenoxy) is 2. The van der Waals surface area contributed by atoms with Crippen molar-refractivity contribution in [2.45, 2.75) is 6.17 Å². The maximum absolute atomic E-state index is 8.58. The van der Waals surface area contributed by atoms with Gasteiger partial charge in [0.05, 0.1) is 48.1 Å². The van der Waals surface area contributed by atoms with Crippen LogP contribution in [0.5, 0.6) is 5.75 Å². The number of nitrogens with two attached hydrogens (primary N) is 1. The van der Waals surface area contributed by atoms with Gasteiger partial charge in [0.2, 0.25) is 6.41 Å². The molecule has 0 spiro atoms. The number of nitrogens with zero attached hydrogens (tertiary/aromatic N) is 2. The van der Waals surface area contributed by atoms with Crippen LogP contribution in [0.2, 0.25) is 5.02 Å². The number of hydrogen-bond acceptors (Lipinski definition) is 7. The Labute approximate surface area is 190 Å². The Morgan fingerprint density at radius 1 is 1.16 bits per heavy atom. The number of primary amides is 1. The highest BCUT2D eigenvalue weighted by atomic mass is 35.5. The third-order valence-electron chi connectivity index (χ3n) is 5.34. The predicted octanol–water partition coefficient (Wildman–Crippen LogP) is 3.21. The van der Waals surface area contributed by atoms with E-state index in [1.807, 2.05) is 24.3 Å². The zero-order valence-electron chi connectivity index (χ0n) is 17.6. The molecule has 1 aromatic heterocycles. The van der Waals surface area contributed by atoms with Gasteiger partial charge in [0.1, 0.15) is 11.9 Å². The van der Waals surface area contributed by atoms with Gasteiger partial charge in [-0.15, -0.1) is 0 Å². The second-order valence-corrected chi connectivity index (χ2v) is 7.65. The van der Waals surface area contributed by atoms with Crippen molar-refractivity contribution in [3.05, 3.63) is 53.2 Å². The number of methoxy groups -OCH3 is 1. The fourth-order valence-corrected chi connectivity index (χ4v) is 4.01. The van der Waals surface area contributed by atoms with Gasteiger partial charge in [-0.25, -0.2) is 0 Å². The molecule has 1 atom stereocenters. The molecule has 0 bridgehead atoms. The van der Waals surface area contributed by atoms with E-state index in [-0.39, 0.29) is 12.6 Å². The quantitative estimate of drug-likeness (QED) is 0.445. The Morgan fingerprint density at radius 2 is 1.91 bits per heavy atom. The number of rotatable bonds is 4. The molecule has 3 heterocycles. The van der Waals surface area contributed by atoms with Gasteiger partial charge in [0.25, 0.3) is 0 Å². The minimum absolute atomic E-state index is 0.0695. The Kier molecular flexibility index (Phi) is 6.67. The first-order valence-corrected chi connectivity index (χ1v) is 10.5. The van der Waals surface area contributed by atoms with E-state index in [1.165, 1.54) is 5.69 Å². The van der Waals surface area contributed by atoms with Gasteiger partial charge in [0, 0.05) is 24.3 Å². The van der Waals surface area contributed by atoms with Gasteiger partial charge in [-0.05, 0) is 42.5 Å². The van der Waals surface area contributed by atoms with Crippen molar-refractivity contribution in [2.75, 3.05) is 48.9 Å². The Morgan fingerprint density at radius 3 is 2.62 bits per heavy atom. The molecule has 9 nitrogen and oxygen atoms in total. The Bertz CT molecular complexity index is 1080. The highest BCUT2D eigenvalue weighted by Crippen LogP contribution is 2.38. The standard InChI is InChI=1S/C21H22ClN5O2.CH3NO/c1-28-20-5-2-13(10-15(20)22)17-12-19(26-25-17)21-23-16-4-3-14(11-18(16)24-21)27-6-8-29-9-7-27;2-1-3/h2-5,10-12,21,23-24H,6-9H2,1H3,(H,25,26);1H,(H2,2,3). The van der Waals surface area contributed by atoms with E-state index in [2.05, 4.69) is 49.7 Å². The van der Waals surface area contributed by atoms with E-state index in [1.54, 1.807) is 7.11 Å². The third-order valence-corrected chi connectivity index (χ3v) is 5.63. The number of hydrogen-bond donors (Lipinski definition) is 4. The smallest absolute Gasteiger partial charge is 0.204 e. The van der Waals surface area contributed by atoms with Crippen LogP contribution in [0.15, 0.2) is 42.5 Å². The number of aromatic nitrogens is 2. The molecule has 2 aliphatic rings. The van der Waals surface area contributed by atoms with Crippen molar-refractivity contribution >= 4 is 35.1 Å². The number of nitrogens with one attached hydrogen (secondary N) is 3. The van der Waals surface area contributed by atoms with Crippen LogP contribution < -0.4 is 26.0 Å². The van der Waals surface area contributed by atoms with Gasteiger partial charge in [-0.2, -0.15) is 5.10 Å². The van der Waals surface area contributed by atoms with Crippen LogP contribution in [0.3, 0.4) is 0 Å². The molecule has 2 aliphatic heterocycles. The summed E-state index contributed by atoms with van der Waals surface area (Å²) < 4.78 is 10.7. The summed E-state index contributed by atoms with van der Waals surface area (Å²) in [5, 5.41) is 15.2. The molecule has 168 valence electrons. The first-order chi connectivity index (χ1) is 15.6. The van der Waals surface area contributed by atoms with Crippen LogP contribution >= 0.6 is 11.6 Å². The fourth-order valence-electron chi connectivity index (χ4n) is 3.76. The van der Waals surface area contributed by atoms with E-state index >= 15 is 0 Å². The van der Waals surface area contributed by atoms with E-state index in [0.29, 0.717) is 10.8 Å². The monoisotopic (exact) mass is 456 g/mol. The normalized spacial score (nSPS) is 16.8. The van der Waals surface area contributed by atoms with Crippen LogP contribution in [-0.4, -0.2) is 50.0 Å². The summed E-state index contributed by atoms with van der Waals surface area (Å²) >= 11 is 6.25. The minimum Gasteiger partial charge on any atom is -0.495 e. The summed E-state index contributed by atoms with van der Waals surface area (Å²) in [4.78, 5) is 10.9. The van der Waals surface area contributed by atoms with Crippen molar-refractivity contribution in [1.82, 2.24) is 10.2 Å². The lowest BCUT2D eigenvalue weighted by atomic mass is 10.1. The molecule has 1 unspecified atom stereocenters. The molecule has 3 aromatic rings. The first-order valence-electron chi connectivity index (χ1n) is 10.2. The third kappa shape index (κ3) is 4.58. The number of anilines is 3. The number of carbonyl (C=O) groups excluding carboxylic acids is 1. The van der Waals surface area contributed by atoms with Crippen LogP contribution in [0.25, 0.3) is 11.3 Å². The number of H-pyrrole nitrogens is 1. The number of morpholine rings is 1. The van der Waals surface area contributed by atoms with Gasteiger partial charge < -0.3 is 30.7 Å². The topological polar surface area (TPSA) is 118 Å². The van der Waals surface area contributed by atoms with Gasteiger partial charge in [-0.1, -0.05) is 11.6 Å². The molecule has 5 rings (SSSR count). The van der Waals surface area contributed by atoms with Crippen LogP contribution in [0, 0.1) is 0 Å². The van der Waals surface area contributed by atoms with E-state index in [0.717, 1.165) is 54.6 Å². The number of fused-ring (bicyclic) bond motifs is 1. The highest BCUT2D eigenvalue weighted by Gasteiger charge is 2.24. The van der Waals surface area contributed by atoms with Crippen molar-refractivity contribution in [1.29, 1.82) is 0 Å². The largest absolute Gasteiger partial charge is 0.495 e. The fraction of sp³-hybridized carbons (Fsp3) is 0.273. The lowest BCUT2D eigenvalue weighted by molar-refractivity contribution is -0.106. The van der Waals surface area contributed by atoms with Crippen molar-refractivity contribution in [2.24, 2.45) is 5.73 Å². The summed E-state index contributed by atoms with van der Waals surface area (Å²) in [6.45, 7) is 3.39.